The number of H-pyrrole nitrogens is 3. The van der Waals surface area contributed by atoms with E-state index in [-0.39, 0.29) is 72.8 Å². The zero-order valence-electron chi connectivity index (χ0n) is 25.5. The third-order valence-corrected chi connectivity index (χ3v) is 8.44. The lowest BCUT2D eigenvalue weighted by atomic mass is 10.0. The van der Waals surface area contributed by atoms with Gasteiger partial charge in [-0.15, -0.1) is 49.6 Å². The summed E-state index contributed by atoms with van der Waals surface area (Å²) in [5, 5.41) is 8.24. The van der Waals surface area contributed by atoms with Crippen molar-refractivity contribution in [2.45, 2.75) is 0 Å². The van der Waals surface area contributed by atoms with Crippen LogP contribution in [0.25, 0.3) is 43.9 Å². The maximum absolute atomic E-state index is 13.7. The number of carbonyl (C=O) groups excluding carboxylic acids is 2. The third kappa shape index (κ3) is 5.89. The summed E-state index contributed by atoms with van der Waals surface area (Å²) in [5.41, 5.74) is 7.40. The van der Waals surface area contributed by atoms with Crippen LogP contribution in [0.3, 0.4) is 0 Å². The number of carbonyl (C=O) groups is 2. The van der Waals surface area contributed by atoms with E-state index in [4.69, 9.17) is 0 Å². The highest BCUT2D eigenvalue weighted by atomic mass is 35.5. The van der Waals surface area contributed by atoms with Crippen molar-refractivity contribution < 1.29 is 9.59 Å². The van der Waals surface area contributed by atoms with Crippen molar-refractivity contribution in [1.29, 1.82) is 0 Å². The summed E-state index contributed by atoms with van der Waals surface area (Å²) in [6.07, 6.45) is 0. The van der Waals surface area contributed by atoms with Gasteiger partial charge < -0.3 is 25.6 Å². The van der Waals surface area contributed by atoms with Crippen LogP contribution in [-0.4, -0.2) is 74.3 Å². The molecular formula is C34H29Cl4N9O2. The Bertz CT molecular complexity index is 2290. The number of rotatable bonds is 6. The van der Waals surface area contributed by atoms with E-state index < -0.39 is 0 Å². The highest BCUT2D eigenvalue weighted by Crippen LogP contribution is 2.29. The fourth-order valence-corrected chi connectivity index (χ4v) is 6.27. The van der Waals surface area contributed by atoms with E-state index in [9.17, 15) is 9.59 Å². The zero-order chi connectivity index (χ0) is 30.1. The molecule has 0 radical (unpaired) electrons. The first kappa shape index (κ1) is 35.4. The molecule has 5 heterocycles. The molecular weight excluding hydrogens is 708 g/mol. The second-order valence-electron chi connectivity index (χ2n) is 11.2. The summed E-state index contributed by atoms with van der Waals surface area (Å²) in [6, 6.07) is 22.6. The quantitative estimate of drug-likeness (QED) is 0.134. The summed E-state index contributed by atoms with van der Waals surface area (Å²) in [7, 11) is 0. The van der Waals surface area contributed by atoms with Gasteiger partial charge in [-0.3, -0.25) is 19.6 Å². The van der Waals surface area contributed by atoms with Crippen LogP contribution in [0.5, 0.6) is 0 Å². The summed E-state index contributed by atoms with van der Waals surface area (Å²) in [5.74, 6) is 1.66. The molecule has 11 nitrogen and oxygen atoms in total. The van der Waals surface area contributed by atoms with Crippen molar-refractivity contribution >= 4 is 117 Å². The number of aromatic nitrogens is 5. The van der Waals surface area contributed by atoms with Crippen LogP contribution in [0.1, 0.15) is 43.5 Å². The molecule has 5 N–H and O–H groups in total. The summed E-state index contributed by atoms with van der Waals surface area (Å²) in [6.45, 7) is 3.00. The highest BCUT2D eigenvalue weighted by molar-refractivity contribution is 6.17. The van der Waals surface area contributed by atoms with Gasteiger partial charge in [0.25, 0.3) is 0 Å². The molecule has 2 aliphatic rings. The van der Waals surface area contributed by atoms with Crippen LogP contribution in [-0.2, 0) is 0 Å². The van der Waals surface area contributed by atoms with E-state index in [0.29, 0.717) is 35.2 Å². The average Bonchev–Trinajstić information content (AvgIpc) is 3.92. The summed E-state index contributed by atoms with van der Waals surface area (Å²) < 4.78 is 0. The van der Waals surface area contributed by atoms with Gasteiger partial charge in [0, 0.05) is 57.1 Å². The first-order valence-electron chi connectivity index (χ1n) is 14.8. The Morgan fingerprint density at radius 2 is 0.980 bits per heavy atom. The van der Waals surface area contributed by atoms with Crippen LogP contribution in [0.2, 0.25) is 0 Å². The zero-order valence-corrected chi connectivity index (χ0v) is 28.8. The van der Waals surface area contributed by atoms with Crippen LogP contribution >= 0.6 is 49.6 Å². The Labute approximate surface area is 303 Å². The number of nitrogens with one attached hydrogen (secondary N) is 5. The van der Waals surface area contributed by atoms with Crippen LogP contribution in [0, 0.1) is 0 Å². The van der Waals surface area contributed by atoms with E-state index in [1.54, 1.807) is 12.1 Å². The van der Waals surface area contributed by atoms with Gasteiger partial charge in [-0.25, -0.2) is 9.97 Å². The van der Waals surface area contributed by atoms with E-state index in [1.165, 1.54) is 0 Å². The lowest BCUT2D eigenvalue weighted by Crippen LogP contribution is -2.19. The Morgan fingerprint density at radius 3 is 1.39 bits per heavy atom. The Kier molecular flexibility index (Phi) is 10.0. The fraction of sp³-hybridized carbons (Fsp3) is 0.118. The Balaban J connectivity index is 0.00000117. The fourth-order valence-electron chi connectivity index (χ4n) is 6.27. The largest absolute Gasteiger partial charge is 0.368 e. The van der Waals surface area contributed by atoms with E-state index in [1.807, 2.05) is 60.7 Å². The number of ketones is 2. The number of fused-ring (bicyclic) bond motifs is 5. The summed E-state index contributed by atoms with van der Waals surface area (Å²) in [4.78, 5) is 55.6. The van der Waals surface area contributed by atoms with E-state index in [2.05, 4.69) is 45.5 Å². The molecule has 3 aromatic heterocycles. The number of amidine groups is 2. The molecule has 0 unspecified atom stereocenters. The molecule has 0 aliphatic carbocycles. The molecule has 0 amide bonds. The van der Waals surface area contributed by atoms with Gasteiger partial charge in [-0.2, -0.15) is 0 Å². The molecule has 15 heteroatoms. The molecule has 0 fully saturated rings. The minimum absolute atomic E-state index is 0. The van der Waals surface area contributed by atoms with Crippen molar-refractivity contribution in [3.8, 4) is 0 Å². The van der Waals surface area contributed by atoms with Crippen molar-refractivity contribution in [3.05, 3.63) is 107 Å². The number of para-hydroxylation sites is 2. The van der Waals surface area contributed by atoms with Gasteiger partial charge >= 0.3 is 0 Å². The number of hydrogen-bond donors (Lipinski definition) is 5. The maximum atomic E-state index is 13.7. The van der Waals surface area contributed by atoms with Crippen molar-refractivity contribution in [3.63, 3.8) is 0 Å². The molecule has 7 aromatic rings. The number of benzene rings is 4. The Morgan fingerprint density at radius 1 is 0.531 bits per heavy atom. The minimum atomic E-state index is -0.221. The second kappa shape index (κ2) is 13.9. The smallest absolute Gasteiger partial charge is 0.228 e. The van der Waals surface area contributed by atoms with E-state index >= 15 is 0 Å². The molecule has 0 bridgehead atoms. The van der Waals surface area contributed by atoms with Crippen LogP contribution < -0.4 is 10.6 Å². The highest BCUT2D eigenvalue weighted by Gasteiger charge is 2.22. The van der Waals surface area contributed by atoms with Crippen molar-refractivity contribution in [2.24, 2.45) is 9.98 Å². The van der Waals surface area contributed by atoms with Gasteiger partial charge in [0.1, 0.15) is 22.7 Å². The molecule has 2 aliphatic heterocycles. The maximum Gasteiger partial charge on any atom is 0.228 e. The SMILES string of the molecule is Cl.Cl.Cl.Cl.O=C(c1ccc2[nH]c3ccc(C(=O)c4nc5c(C6=NCCN6)cccc5[nH]4)cc3c2c1)c1nc2c(C3=NCCN3)cccc2[nH]1. The lowest BCUT2D eigenvalue weighted by molar-refractivity contribution is 0.102. The number of halogens is 4. The monoisotopic (exact) mass is 735 g/mol. The number of hydrogen-bond acceptors (Lipinski definition) is 8. The molecule has 0 atom stereocenters. The summed E-state index contributed by atoms with van der Waals surface area (Å²) >= 11 is 0. The predicted octanol–water partition coefficient (Wildman–Crippen LogP) is 5.92. The minimum Gasteiger partial charge on any atom is -0.368 e. The van der Waals surface area contributed by atoms with Gasteiger partial charge in [-0.05, 0) is 60.7 Å². The van der Waals surface area contributed by atoms with Gasteiger partial charge in [0.2, 0.25) is 11.6 Å². The number of aliphatic imine (C=N–C) groups is 2. The lowest BCUT2D eigenvalue weighted by Gasteiger charge is -2.02. The first-order chi connectivity index (χ1) is 22.1. The van der Waals surface area contributed by atoms with Gasteiger partial charge in [-0.1, -0.05) is 12.1 Å². The molecule has 9 rings (SSSR count). The van der Waals surface area contributed by atoms with Gasteiger partial charge in [0.15, 0.2) is 11.6 Å². The average molecular weight is 737 g/mol. The molecule has 250 valence electrons. The molecule has 0 saturated heterocycles. The molecule has 49 heavy (non-hydrogen) atoms. The van der Waals surface area contributed by atoms with Gasteiger partial charge in [0.05, 0.1) is 24.1 Å². The molecule has 4 aromatic carbocycles. The van der Waals surface area contributed by atoms with Crippen molar-refractivity contribution in [2.75, 3.05) is 26.2 Å². The van der Waals surface area contributed by atoms with Crippen molar-refractivity contribution in [1.82, 2.24) is 35.6 Å². The molecule has 0 saturated carbocycles. The topological polar surface area (TPSA) is 156 Å². The van der Waals surface area contributed by atoms with Crippen LogP contribution in [0.4, 0.5) is 0 Å². The standard InChI is InChI=1S/C34H25N9O2.4ClH/c44-29(33-40-25-5-1-3-19(27(25)42-33)31-35-11-12-36-31)17-7-9-23-21(15-17)22-16-18(8-10-24(22)39-23)30(45)34-41-26-6-2-4-20(28(26)43-34)32-37-13-14-38-32;;;;/h1-10,15-16,39H,11-14H2,(H,35,36)(H,37,38)(H,40,42)(H,41,43);4*1H. The molecule has 0 spiro atoms. The third-order valence-electron chi connectivity index (χ3n) is 8.44. The first-order valence-corrected chi connectivity index (χ1v) is 14.8. The number of aromatic amines is 3. The number of nitrogens with zero attached hydrogens (tertiary/aromatic N) is 4. The normalized spacial score (nSPS) is 13.5. The number of imidazole rings is 2. The Hall–Kier alpha value is -4.94. The second-order valence-corrected chi connectivity index (χ2v) is 11.2. The van der Waals surface area contributed by atoms with Crippen LogP contribution in [0.15, 0.2) is 82.8 Å². The predicted molar refractivity (Wildman–Crippen MR) is 203 cm³/mol. The van der Waals surface area contributed by atoms with E-state index in [0.717, 1.165) is 68.7 Å².